The van der Waals surface area contributed by atoms with Crippen LogP contribution >= 0.6 is 10.7 Å². The van der Waals surface area contributed by atoms with Crippen molar-refractivity contribution in [1.29, 1.82) is 0 Å². The van der Waals surface area contributed by atoms with Crippen molar-refractivity contribution in [3.05, 3.63) is 70.3 Å². The van der Waals surface area contributed by atoms with E-state index < -0.39 is 25.5 Å². The number of carbonyl (C=O) groups excluding carboxylic acids is 1. The van der Waals surface area contributed by atoms with Gasteiger partial charge in [-0.15, -0.1) is 0 Å². The van der Waals surface area contributed by atoms with Crippen molar-refractivity contribution >= 4 is 58.0 Å². The van der Waals surface area contributed by atoms with Gasteiger partial charge in [-0.3, -0.25) is 4.55 Å². The van der Waals surface area contributed by atoms with E-state index in [0.717, 1.165) is 27.8 Å². The molecule has 196 valence electrons. The number of aromatic nitrogens is 1. The lowest BCUT2D eigenvalue weighted by molar-refractivity contribution is -0.617. The molecular weight excluding hydrogens is 545 g/mol. The quantitative estimate of drug-likeness (QED) is 0.172. The molecule has 0 aliphatic carbocycles. The number of carbonyl (C=O) groups is 1. The van der Waals surface area contributed by atoms with Gasteiger partial charge in [0.05, 0.1) is 27.2 Å². The third-order valence-electron chi connectivity index (χ3n) is 5.97. The summed E-state index contributed by atoms with van der Waals surface area (Å²) in [5.74, 6) is -1.27. The third kappa shape index (κ3) is 5.74. The summed E-state index contributed by atoms with van der Waals surface area (Å²) >= 11 is 0. The van der Waals surface area contributed by atoms with Gasteiger partial charge < -0.3 is 9.90 Å². The highest BCUT2D eigenvalue weighted by molar-refractivity contribution is 8.13. The molecule has 8 nitrogen and oxygen atoms in total. The number of carboxylic acid groups (broad SMARTS) is 1. The van der Waals surface area contributed by atoms with E-state index in [1.54, 1.807) is 18.2 Å². The van der Waals surface area contributed by atoms with Crippen LogP contribution in [0.5, 0.6) is 0 Å². The fraction of sp³-hybridized carbons (Fsp3) is 0.200. The average Bonchev–Trinajstić information content (AvgIpc) is 2.73. The Kier molecular flexibility index (Phi) is 7.67. The van der Waals surface area contributed by atoms with E-state index in [4.69, 9.17) is 23.7 Å². The summed E-state index contributed by atoms with van der Waals surface area (Å²) < 4.78 is 60.7. The molecule has 4 aromatic rings. The van der Waals surface area contributed by atoms with Crippen molar-refractivity contribution in [2.75, 3.05) is 0 Å². The first-order chi connectivity index (χ1) is 16.9. The number of rotatable bonds is 3. The molecule has 0 bridgehead atoms. The fourth-order valence-corrected chi connectivity index (χ4v) is 5.91. The van der Waals surface area contributed by atoms with Crippen molar-refractivity contribution in [2.45, 2.75) is 32.6 Å². The first-order valence-corrected chi connectivity index (χ1v) is 14.4. The normalized spacial score (nSPS) is 11.9. The largest absolute Gasteiger partial charge is 0.545 e. The van der Waals surface area contributed by atoms with E-state index in [2.05, 4.69) is 0 Å². The molecule has 0 unspecified atom stereocenters. The van der Waals surface area contributed by atoms with Crippen LogP contribution < -0.4 is 9.67 Å². The molecular formula is C25H23ClFNO7S2. The number of pyridine rings is 1. The molecule has 37 heavy (non-hydrogen) atoms. The van der Waals surface area contributed by atoms with Gasteiger partial charge in [-0.1, -0.05) is 34.2 Å². The van der Waals surface area contributed by atoms with Gasteiger partial charge in [0.25, 0.3) is 9.05 Å². The summed E-state index contributed by atoms with van der Waals surface area (Å²) in [5.41, 5.74) is 5.90. The molecule has 1 heterocycles. The lowest BCUT2D eigenvalue weighted by Gasteiger charge is -2.19. The van der Waals surface area contributed by atoms with Crippen LogP contribution in [0.2, 0.25) is 0 Å². The Labute approximate surface area is 218 Å². The van der Waals surface area contributed by atoms with Gasteiger partial charge >= 0.3 is 10.5 Å². The summed E-state index contributed by atoms with van der Waals surface area (Å²) in [5, 5.41) is 13.6. The van der Waals surface area contributed by atoms with E-state index in [9.17, 15) is 22.2 Å². The minimum atomic E-state index is -5.17. The van der Waals surface area contributed by atoms with E-state index in [-0.39, 0.29) is 10.5 Å². The third-order valence-corrected chi connectivity index (χ3v) is 7.35. The van der Waals surface area contributed by atoms with Crippen LogP contribution in [0.25, 0.3) is 32.9 Å². The number of halogens is 2. The van der Waals surface area contributed by atoms with Crippen LogP contribution in [0.4, 0.5) is 3.89 Å². The molecule has 0 amide bonds. The Morgan fingerprint density at radius 3 is 2.03 bits per heavy atom. The maximum Gasteiger partial charge on any atom is 0.435 e. The number of fused-ring (bicyclic) bond motifs is 2. The van der Waals surface area contributed by atoms with Crippen LogP contribution in [0.15, 0.2) is 47.4 Å². The van der Waals surface area contributed by atoms with Crippen LogP contribution in [-0.2, 0) is 26.6 Å². The second kappa shape index (κ2) is 9.97. The van der Waals surface area contributed by atoms with Gasteiger partial charge in [-0.25, -0.2) is 8.42 Å². The molecule has 0 aliphatic rings. The first-order valence-electron chi connectivity index (χ1n) is 10.7. The Bertz CT molecular complexity index is 1810. The highest BCUT2D eigenvalue weighted by Gasteiger charge is 2.28. The Balaban J connectivity index is 0.000000695. The van der Waals surface area contributed by atoms with Crippen molar-refractivity contribution < 1.29 is 39.7 Å². The zero-order valence-electron chi connectivity index (χ0n) is 20.5. The molecule has 0 fully saturated rings. The number of hydrogen-bond acceptors (Lipinski definition) is 6. The molecule has 3 aromatic carbocycles. The van der Waals surface area contributed by atoms with Crippen LogP contribution in [0.3, 0.4) is 0 Å². The van der Waals surface area contributed by atoms with E-state index in [1.807, 2.05) is 57.5 Å². The fourth-order valence-electron chi connectivity index (χ4n) is 4.83. The first kappa shape index (κ1) is 28.5. The Morgan fingerprint density at radius 1 is 0.946 bits per heavy atom. The molecule has 0 saturated carbocycles. The van der Waals surface area contributed by atoms with Crippen LogP contribution in [0, 0.1) is 27.7 Å². The Morgan fingerprint density at radius 2 is 1.49 bits per heavy atom. The molecule has 0 saturated heterocycles. The van der Waals surface area contributed by atoms with Gasteiger partial charge in [0.1, 0.15) is 7.05 Å². The summed E-state index contributed by atoms with van der Waals surface area (Å²) in [7, 11) is -1.57. The van der Waals surface area contributed by atoms with Crippen molar-refractivity contribution in [3.63, 3.8) is 0 Å². The van der Waals surface area contributed by atoms with Gasteiger partial charge in [0, 0.05) is 27.9 Å². The predicted molar refractivity (Wildman–Crippen MR) is 137 cm³/mol. The van der Waals surface area contributed by atoms with Gasteiger partial charge in [0.15, 0.2) is 0 Å². The van der Waals surface area contributed by atoms with Crippen molar-refractivity contribution in [1.82, 2.24) is 0 Å². The molecule has 1 aromatic heterocycles. The van der Waals surface area contributed by atoms with Gasteiger partial charge in [0.2, 0.25) is 11.0 Å². The highest BCUT2D eigenvalue weighted by Crippen LogP contribution is 2.40. The standard InChI is InChI=1S/C25H22ClNO4S.FHO3S/c1-13-10-14(2)21-18(11-13)27(5)24-20(17-8-6-7-9-19(17)32(26,30)31)15(3)12-16(4)22(24)23(21)25(28)29;1-5(2,3)4/h6-12H,1-5H3;(H,2,3,4). The minimum absolute atomic E-state index is 0.0227. The number of nitrogens with zero attached hydrogens (tertiary/aromatic N) is 1. The van der Waals surface area contributed by atoms with E-state index in [1.165, 1.54) is 6.07 Å². The molecule has 0 aliphatic heterocycles. The predicted octanol–water partition coefficient (Wildman–Crippen LogP) is 3.77. The number of benzene rings is 3. The minimum Gasteiger partial charge on any atom is -0.545 e. The lowest BCUT2D eigenvalue weighted by atomic mass is 9.89. The number of hydrogen-bond donors (Lipinski definition) is 1. The zero-order valence-corrected chi connectivity index (χ0v) is 22.8. The highest BCUT2D eigenvalue weighted by atomic mass is 35.7. The maximum absolute atomic E-state index is 12.5. The second-order valence-electron chi connectivity index (χ2n) is 8.65. The molecule has 4 rings (SSSR count). The summed E-state index contributed by atoms with van der Waals surface area (Å²) in [6.07, 6.45) is 0. The monoisotopic (exact) mass is 567 g/mol. The van der Waals surface area contributed by atoms with Gasteiger partial charge in [-0.05, 0) is 56.0 Å². The number of aromatic carboxylic acids is 1. The smallest absolute Gasteiger partial charge is 0.435 e. The van der Waals surface area contributed by atoms with Crippen LogP contribution in [0.1, 0.15) is 32.6 Å². The summed E-state index contributed by atoms with van der Waals surface area (Å²) in [6.45, 7) is 7.56. The van der Waals surface area contributed by atoms with Gasteiger partial charge in [-0.2, -0.15) is 13.0 Å². The second-order valence-corrected chi connectivity index (χ2v) is 12.0. The average molecular weight is 568 g/mol. The maximum atomic E-state index is 12.5. The number of aryl methyl sites for hydroxylation is 5. The van der Waals surface area contributed by atoms with Crippen molar-refractivity contribution in [2.24, 2.45) is 7.05 Å². The lowest BCUT2D eigenvalue weighted by Crippen LogP contribution is -2.34. The van der Waals surface area contributed by atoms with E-state index in [0.29, 0.717) is 27.4 Å². The molecule has 1 N–H and O–H groups in total. The molecule has 12 heteroatoms. The zero-order chi connectivity index (χ0) is 28.0. The van der Waals surface area contributed by atoms with Crippen LogP contribution in [-0.4, -0.2) is 27.4 Å². The Hall–Kier alpha value is -3.12. The van der Waals surface area contributed by atoms with E-state index >= 15 is 0 Å². The molecule has 0 radical (unpaired) electrons. The summed E-state index contributed by atoms with van der Waals surface area (Å²) in [6, 6.07) is 12.2. The topological polar surface area (TPSA) is 133 Å². The van der Waals surface area contributed by atoms with Crippen molar-refractivity contribution in [3.8, 4) is 11.1 Å². The number of carboxylic acids is 1. The molecule has 0 spiro atoms. The SMILES string of the molecule is Cc1cc(C)c2c(C(=O)[O-])c3c(C)cc(C)c(-c4ccccc4S(=O)(=O)Cl)c3[n+](C)c2c1.O=S(=O)(O)F. The summed E-state index contributed by atoms with van der Waals surface area (Å²) in [4.78, 5) is 12.4. The molecule has 0 atom stereocenters.